The zero-order valence-electron chi connectivity index (χ0n) is 9.82. The van der Waals surface area contributed by atoms with E-state index in [1.54, 1.807) is 0 Å². The van der Waals surface area contributed by atoms with Gasteiger partial charge in [-0.15, -0.1) is 0 Å². The molecule has 0 unspecified atom stereocenters. The molecule has 0 atom stereocenters. The lowest BCUT2D eigenvalue weighted by Crippen LogP contribution is -2.16. The first-order chi connectivity index (χ1) is 9.51. The van der Waals surface area contributed by atoms with E-state index in [1.165, 1.54) is 0 Å². The molecule has 20 heavy (non-hydrogen) atoms. The second kappa shape index (κ2) is 5.53. The Kier molecular flexibility index (Phi) is 3.80. The second-order valence-electron chi connectivity index (χ2n) is 3.63. The van der Waals surface area contributed by atoms with Gasteiger partial charge in [-0.05, 0) is 0 Å². The highest BCUT2D eigenvalue weighted by molar-refractivity contribution is 6.02. The van der Waals surface area contributed by atoms with Gasteiger partial charge in [-0.1, -0.05) is 0 Å². The summed E-state index contributed by atoms with van der Waals surface area (Å²) in [7, 11) is 0. The van der Waals surface area contributed by atoms with E-state index >= 15 is 0 Å². The number of hydrogen-bond acceptors (Lipinski definition) is 5. The van der Waals surface area contributed by atoms with Crippen LogP contribution in [0, 0.1) is 17.5 Å². The van der Waals surface area contributed by atoms with E-state index in [0.717, 1.165) is 12.4 Å². The van der Waals surface area contributed by atoms with Crippen LogP contribution in [0.4, 0.5) is 24.7 Å². The molecule has 1 amide bonds. The van der Waals surface area contributed by atoms with Crippen molar-refractivity contribution < 1.29 is 18.0 Å². The van der Waals surface area contributed by atoms with Crippen molar-refractivity contribution >= 4 is 17.4 Å². The van der Waals surface area contributed by atoms with Gasteiger partial charge < -0.3 is 10.7 Å². The molecular weight excluding hydrogens is 275 g/mol. The largest absolute Gasteiger partial charge is 0.318 e. The van der Waals surface area contributed by atoms with Crippen molar-refractivity contribution in [2.45, 2.75) is 0 Å². The average Bonchev–Trinajstić information content (AvgIpc) is 2.44. The predicted molar refractivity (Wildman–Crippen MR) is 64.1 cm³/mol. The number of nitrogen functional groups attached to an aromatic ring is 1. The summed E-state index contributed by atoms with van der Waals surface area (Å²) < 4.78 is 39.3. The number of nitrogens with zero attached hydrogens (tertiary/aromatic N) is 2. The Balaban J connectivity index is 2.23. The Morgan fingerprint density at radius 2 is 1.90 bits per heavy atom. The van der Waals surface area contributed by atoms with Crippen LogP contribution in [0.3, 0.4) is 0 Å². The number of halogens is 3. The van der Waals surface area contributed by atoms with Crippen LogP contribution in [0.15, 0.2) is 24.5 Å². The maximum absolute atomic E-state index is 13.4. The van der Waals surface area contributed by atoms with Crippen molar-refractivity contribution in [2.75, 3.05) is 10.7 Å². The summed E-state index contributed by atoms with van der Waals surface area (Å²) in [5, 5.41) is 2.00. The quantitative estimate of drug-likeness (QED) is 0.450. The Morgan fingerprint density at radius 1 is 1.15 bits per heavy atom. The molecule has 0 aliphatic heterocycles. The molecule has 0 aliphatic rings. The first-order valence-corrected chi connectivity index (χ1v) is 5.26. The van der Waals surface area contributed by atoms with E-state index in [2.05, 4.69) is 15.4 Å². The van der Waals surface area contributed by atoms with E-state index in [4.69, 9.17) is 5.84 Å². The van der Waals surface area contributed by atoms with E-state index in [0.29, 0.717) is 12.1 Å². The number of nitrogens with two attached hydrogens (primary N) is 1. The molecule has 1 aromatic carbocycles. The maximum Gasteiger partial charge on any atom is 0.275 e. The molecule has 104 valence electrons. The number of amides is 1. The summed E-state index contributed by atoms with van der Waals surface area (Å²) in [4.78, 5) is 19.1. The normalized spacial score (nSPS) is 10.2. The molecule has 0 bridgehead atoms. The lowest BCUT2D eigenvalue weighted by atomic mass is 10.2. The minimum Gasteiger partial charge on any atom is -0.318 e. The standard InChI is InChI=1S/C11H8F3N5O/c12-5-1-6(13)10(14)7(2-5)18-11(20)8-3-17-9(19-15)4-16-8/h1-4H,15H2,(H,17,19)(H,18,20). The molecule has 0 saturated carbocycles. The van der Waals surface area contributed by atoms with Gasteiger partial charge >= 0.3 is 0 Å². The summed E-state index contributed by atoms with van der Waals surface area (Å²) >= 11 is 0. The zero-order valence-corrected chi connectivity index (χ0v) is 9.82. The number of hydrogen-bond donors (Lipinski definition) is 3. The fraction of sp³-hybridized carbons (Fsp3) is 0. The van der Waals surface area contributed by atoms with Crippen LogP contribution in [-0.2, 0) is 0 Å². The van der Waals surface area contributed by atoms with Crippen LogP contribution in [0.1, 0.15) is 10.5 Å². The highest BCUT2D eigenvalue weighted by Gasteiger charge is 2.15. The Bertz CT molecular complexity index is 647. The maximum atomic E-state index is 13.4. The van der Waals surface area contributed by atoms with Gasteiger partial charge in [0.15, 0.2) is 17.5 Å². The molecule has 2 aromatic rings. The molecule has 0 saturated heterocycles. The first-order valence-electron chi connectivity index (χ1n) is 5.26. The van der Waals surface area contributed by atoms with Crippen LogP contribution >= 0.6 is 0 Å². The van der Waals surface area contributed by atoms with Gasteiger partial charge in [-0.3, -0.25) is 4.79 Å². The molecule has 0 aliphatic carbocycles. The SMILES string of the molecule is NNc1cnc(C(=O)Nc2cc(F)cc(F)c2F)cn1. The fourth-order valence-electron chi connectivity index (χ4n) is 1.35. The Labute approximate surface area is 110 Å². The van der Waals surface area contributed by atoms with Gasteiger partial charge in [0, 0.05) is 12.1 Å². The number of hydrazine groups is 1. The number of aromatic nitrogens is 2. The van der Waals surface area contributed by atoms with Gasteiger partial charge in [0.05, 0.1) is 18.1 Å². The van der Waals surface area contributed by atoms with Crippen molar-refractivity contribution in [3.63, 3.8) is 0 Å². The number of anilines is 2. The third kappa shape index (κ3) is 2.83. The van der Waals surface area contributed by atoms with Gasteiger partial charge in [0.1, 0.15) is 11.5 Å². The van der Waals surface area contributed by atoms with Crippen LogP contribution in [0.5, 0.6) is 0 Å². The summed E-state index contributed by atoms with van der Waals surface area (Å²) in [6, 6.07) is 1.02. The van der Waals surface area contributed by atoms with Crippen molar-refractivity contribution in [3.8, 4) is 0 Å². The van der Waals surface area contributed by atoms with Crippen molar-refractivity contribution in [1.82, 2.24) is 9.97 Å². The van der Waals surface area contributed by atoms with E-state index in [1.807, 2.05) is 5.32 Å². The third-order valence-corrected chi connectivity index (χ3v) is 2.27. The van der Waals surface area contributed by atoms with Crippen molar-refractivity contribution in [3.05, 3.63) is 47.7 Å². The summed E-state index contributed by atoms with van der Waals surface area (Å²) in [6.45, 7) is 0. The van der Waals surface area contributed by atoms with Gasteiger partial charge in [0.2, 0.25) is 0 Å². The van der Waals surface area contributed by atoms with Crippen LogP contribution in [-0.4, -0.2) is 15.9 Å². The fourth-order valence-corrected chi connectivity index (χ4v) is 1.35. The smallest absolute Gasteiger partial charge is 0.275 e. The summed E-state index contributed by atoms with van der Waals surface area (Å²) in [5.74, 6) is 0.613. The highest BCUT2D eigenvalue weighted by Crippen LogP contribution is 2.19. The number of benzene rings is 1. The monoisotopic (exact) mass is 283 g/mol. The highest BCUT2D eigenvalue weighted by atomic mass is 19.2. The lowest BCUT2D eigenvalue weighted by molar-refractivity contribution is 0.102. The number of nitrogens with one attached hydrogen (secondary N) is 2. The van der Waals surface area contributed by atoms with Gasteiger partial charge in [-0.25, -0.2) is 29.0 Å². The van der Waals surface area contributed by atoms with Crippen LogP contribution in [0.2, 0.25) is 0 Å². The molecule has 1 heterocycles. The number of rotatable bonds is 3. The van der Waals surface area contributed by atoms with Gasteiger partial charge in [0.25, 0.3) is 5.91 Å². The van der Waals surface area contributed by atoms with Crippen molar-refractivity contribution in [2.24, 2.45) is 5.84 Å². The number of carbonyl (C=O) groups excluding carboxylic acids is 1. The molecule has 2 rings (SSSR count). The molecule has 9 heteroatoms. The summed E-state index contributed by atoms with van der Waals surface area (Å²) in [6.07, 6.45) is 2.23. The van der Waals surface area contributed by atoms with E-state index < -0.39 is 29.0 Å². The van der Waals surface area contributed by atoms with E-state index in [9.17, 15) is 18.0 Å². The minimum atomic E-state index is -1.41. The molecule has 0 fully saturated rings. The molecule has 1 aromatic heterocycles. The third-order valence-electron chi connectivity index (χ3n) is 2.27. The molecule has 4 N–H and O–H groups in total. The van der Waals surface area contributed by atoms with Crippen LogP contribution in [0.25, 0.3) is 0 Å². The minimum absolute atomic E-state index is 0.173. The predicted octanol–water partition coefficient (Wildman–Crippen LogP) is 1.43. The summed E-state index contributed by atoms with van der Waals surface area (Å²) in [5.41, 5.74) is 1.40. The molecular formula is C11H8F3N5O. The first kappa shape index (κ1) is 13.7. The average molecular weight is 283 g/mol. The van der Waals surface area contributed by atoms with Crippen LogP contribution < -0.4 is 16.6 Å². The lowest BCUT2D eigenvalue weighted by Gasteiger charge is -2.07. The van der Waals surface area contributed by atoms with E-state index in [-0.39, 0.29) is 11.5 Å². The molecule has 0 spiro atoms. The molecule has 6 nitrogen and oxygen atoms in total. The van der Waals surface area contributed by atoms with Crippen molar-refractivity contribution in [1.29, 1.82) is 0 Å². The second-order valence-corrected chi connectivity index (χ2v) is 3.63. The van der Waals surface area contributed by atoms with Gasteiger partial charge in [-0.2, -0.15) is 0 Å². The Morgan fingerprint density at radius 3 is 2.50 bits per heavy atom. The zero-order chi connectivity index (χ0) is 14.7. The Hall–Kier alpha value is -2.68. The topological polar surface area (TPSA) is 92.9 Å². The number of carbonyl (C=O) groups is 1. The molecule has 0 radical (unpaired) electrons.